The van der Waals surface area contributed by atoms with Crippen LogP contribution in [0, 0.1) is 11.3 Å². The standard InChI is InChI=1S/C15H22N2/c1-4-13-6-8-14(9-7-13)15(2,3)12-17-11-5-10-16/h6-9,17H,4-5,11-12H2,1-3H3. The number of hydrogen-bond donors (Lipinski definition) is 1. The second-order valence-corrected chi connectivity index (χ2v) is 5.02. The van der Waals surface area contributed by atoms with Gasteiger partial charge in [-0.25, -0.2) is 0 Å². The van der Waals surface area contributed by atoms with Crippen molar-refractivity contribution in [3.05, 3.63) is 35.4 Å². The van der Waals surface area contributed by atoms with Crippen molar-refractivity contribution in [3.8, 4) is 6.07 Å². The fraction of sp³-hybridized carbons (Fsp3) is 0.533. The van der Waals surface area contributed by atoms with Crippen LogP contribution in [-0.4, -0.2) is 13.1 Å². The van der Waals surface area contributed by atoms with Crippen LogP contribution in [0.5, 0.6) is 0 Å². The molecule has 0 saturated carbocycles. The van der Waals surface area contributed by atoms with Crippen molar-refractivity contribution in [1.82, 2.24) is 5.32 Å². The van der Waals surface area contributed by atoms with Crippen molar-refractivity contribution in [2.24, 2.45) is 0 Å². The summed E-state index contributed by atoms with van der Waals surface area (Å²) in [5.74, 6) is 0. The summed E-state index contributed by atoms with van der Waals surface area (Å²) >= 11 is 0. The normalized spacial score (nSPS) is 11.2. The number of nitriles is 1. The van der Waals surface area contributed by atoms with Gasteiger partial charge in [0.2, 0.25) is 0 Å². The molecule has 1 aromatic rings. The van der Waals surface area contributed by atoms with Crippen molar-refractivity contribution in [1.29, 1.82) is 5.26 Å². The van der Waals surface area contributed by atoms with Crippen LogP contribution in [0.3, 0.4) is 0 Å². The summed E-state index contributed by atoms with van der Waals surface area (Å²) < 4.78 is 0. The van der Waals surface area contributed by atoms with Crippen LogP contribution in [0.25, 0.3) is 0 Å². The number of nitrogens with zero attached hydrogens (tertiary/aromatic N) is 1. The molecule has 0 heterocycles. The largest absolute Gasteiger partial charge is 0.315 e. The smallest absolute Gasteiger partial charge is 0.0635 e. The van der Waals surface area contributed by atoms with Gasteiger partial charge in [-0.05, 0) is 17.5 Å². The van der Waals surface area contributed by atoms with Crippen molar-refractivity contribution >= 4 is 0 Å². The Bertz CT molecular complexity index is 371. The molecule has 1 N–H and O–H groups in total. The molecule has 0 aromatic heterocycles. The van der Waals surface area contributed by atoms with E-state index in [1.807, 2.05) is 0 Å². The molecule has 92 valence electrons. The lowest BCUT2D eigenvalue weighted by Crippen LogP contribution is -2.33. The molecule has 0 bridgehead atoms. The fourth-order valence-electron chi connectivity index (χ4n) is 1.84. The van der Waals surface area contributed by atoms with Gasteiger partial charge in [0.15, 0.2) is 0 Å². The van der Waals surface area contributed by atoms with E-state index in [0.29, 0.717) is 6.42 Å². The minimum Gasteiger partial charge on any atom is -0.315 e. The van der Waals surface area contributed by atoms with Gasteiger partial charge < -0.3 is 5.32 Å². The molecule has 2 nitrogen and oxygen atoms in total. The SMILES string of the molecule is CCc1ccc(C(C)(C)CNCCC#N)cc1. The van der Waals surface area contributed by atoms with Crippen LogP contribution >= 0.6 is 0 Å². The van der Waals surface area contributed by atoms with E-state index in [2.05, 4.69) is 56.4 Å². The van der Waals surface area contributed by atoms with Crippen LogP contribution in [0.15, 0.2) is 24.3 Å². The second kappa shape index (κ2) is 6.42. The van der Waals surface area contributed by atoms with Gasteiger partial charge in [-0.3, -0.25) is 0 Å². The highest BCUT2D eigenvalue weighted by Crippen LogP contribution is 2.22. The first-order valence-corrected chi connectivity index (χ1v) is 6.27. The number of hydrogen-bond acceptors (Lipinski definition) is 2. The first kappa shape index (κ1) is 13.7. The Morgan fingerprint density at radius 3 is 2.41 bits per heavy atom. The van der Waals surface area contributed by atoms with Gasteiger partial charge in [0.05, 0.1) is 6.07 Å². The van der Waals surface area contributed by atoms with E-state index in [9.17, 15) is 0 Å². The minimum absolute atomic E-state index is 0.113. The Labute approximate surface area is 105 Å². The van der Waals surface area contributed by atoms with E-state index in [0.717, 1.165) is 19.5 Å². The lowest BCUT2D eigenvalue weighted by Gasteiger charge is -2.26. The molecular formula is C15H22N2. The van der Waals surface area contributed by atoms with E-state index in [1.165, 1.54) is 11.1 Å². The third-order valence-electron chi connectivity index (χ3n) is 3.12. The average molecular weight is 230 g/mol. The van der Waals surface area contributed by atoms with Crippen LogP contribution < -0.4 is 5.32 Å². The molecule has 2 heteroatoms. The average Bonchev–Trinajstić information content (AvgIpc) is 2.35. The van der Waals surface area contributed by atoms with Gasteiger partial charge in [-0.1, -0.05) is 45.0 Å². The van der Waals surface area contributed by atoms with Gasteiger partial charge in [0.25, 0.3) is 0 Å². The first-order chi connectivity index (χ1) is 8.10. The molecule has 0 saturated heterocycles. The zero-order valence-electron chi connectivity index (χ0n) is 11.1. The van der Waals surface area contributed by atoms with E-state index in [1.54, 1.807) is 0 Å². The monoisotopic (exact) mass is 230 g/mol. The maximum atomic E-state index is 8.48. The molecule has 0 amide bonds. The molecular weight excluding hydrogens is 208 g/mol. The lowest BCUT2D eigenvalue weighted by molar-refractivity contribution is 0.473. The molecule has 0 spiro atoms. The molecule has 0 atom stereocenters. The molecule has 1 rings (SSSR count). The molecule has 0 unspecified atom stereocenters. The summed E-state index contributed by atoms with van der Waals surface area (Å²) in [5.41, 5.74) is 2.84. The van der Waals surface area contributed by atoms with Crippen molar-refractivity contribution < 1.29 is 0 Å². The van der Waals surface area contributed by atoms with E-state index < -0.39 is 0 Å². The Hall–Kier alpha value is -1.33. The summed E-state index contributed by atoms with van der Waals surface area (Å²) in [6.07, 6.45) is 1.66. The van der Waals surface area contributed by atoms with E-state index in [4.69, 9.17) is 5.26 Å². The summed E-state index contributed by atoms with van der Waals surface area (Å²) in [6.45, 7) is 8.30. The van der Waals surface area contributed by atoms with Crippen molar-refractivity contribution in [3.63, 3.8) is 0 Å². The predicted molar refractivity (Wildman–Crippen MR) is 71.9 cm³/mol. The summed E-state index contributed by atoms with van der Waals surface area (Å²) in [6, 6.07) is 11.0. The highest BCUT2D eigenvalue weighted by atomic mass is 14.9. The van der Waals surface area contributed by atoms with Gasteiger partial charge in [-0.2, -0.15) is 5.26 Å². The number of aryl methyl sites for hydroxylation is 1. The van der Waals surface area contributed by atoms with Gasteiger partial charge in [0, 0.05) is 24.9 Å². The molecule has 17 heavy (non-hydrogen) atoms. The topological polar surface area (TPSA) is 35.8 Å². The molecule has 0 aliphatic rings. The second-order valence-electron chi connectivity index (χ2n) is 5.02. The molecule has 0 fully saturated rings. The van der Waals surface area contributed by atoms with Crippen LogP contribution in [0.2, 0.25) is 0 Å². The van der Waals surface area contributed by atoms with Gasteiger partial charge in [0.1, 0.15) is 0 Å². The zero-order chi connectivity index (χ0) is 12.7. The van der Waals surface area contributed by atoms with Crippen LogP contribution in [0.1, 0.15) is 38.3 Å². The third-order valence-corrected chi connectivity index (χ3v) is 3.12. The Morgan fingerprint density at radius 1 is 1.24 bits per heavy atom. The summed E-state index contributed by atoms with van der Waals surface area (Å²) in [4.78, 5) is 0. The molecule has 0 radical (unpaired) electrons. The van der Waals surface area contributed by atoms with E-state index >= 15 is 0 Å². The van der Waals surface area contributed by atoms with Crippen molar-refractivity contribution in [2.75, 3.05) is 13.1 Å². The zero-order valence-corrected chi connectivity index (χ0v) is 11.1. The van der Waals surface area contributed by atoms with Crippen LogP contribution in [0.4, 0.5) is 0 Å². The van der Waals surface area contributed by atoms with Gasteiger partial charge in [-0.15, -0.1) is 0 Å². The van der Waals surface area contributed by atoms with Crippen molar-refractivity contribution in [2.45, 2.75) is 39.0 Å². The van der Waals surface area contributed by atoms with E-state index in [-0.39, 0.29) is 5.41 Å². The number of rotatable bonds is 6. The lowest BCUT2D eigenvalue weighted by atomic mass is 9.84. The molecule has 1 aromatic carbocycles. The first-order valence-electron chi connectivity index (χ1n) is 6.27. The van der Waals surface area contributed by atoms with Gasteiger partial charge >= 0.3 is 0 Å². The molecule has 0 aliphatic carbocycles. The Morgan fingerprint density at radius 2 is 1.88 bits per heavy atom. The quantitative estimate of drug-likeness (QED) is 0.762. The number of nitrogens with one attached hydrogen (secondary N) is 1. The third kappa shape index (κ3) is 4.20. The number of benzene rings is 1. The molecule has 0 aliphatic heterocycles. The Kier molecular flexibility index (Phi) is 5.18. The fourth-order valence-corrected chi connectivity index (χ4v) is 1.84. The maximum Gasteiger partial charge on any atom is 0.0635 e. The summed E-state index contributed by atoms with van der Waals surface area (Å²) in [7, 11) is 0. The maximum absolute atomic E-state index is 8.48. The highest BCUT2D eigenvalue weighted by molar-refractivity contribution is 5.28. The Balaban J connectivity index is 2.58. The highest BCUT2D eigenvalue weighted by Gasteiger charge is 2.19. The predicted octanol–water partition coefficient (Wildman–Crippen LogP) is 3.03. The minimum atomic E-state index is 0.113. The summed E-state index contributed by atoms with van der Waals surface area (Å²) in [5, 5.41) is 11.8. The van der Waals surface area contributed by atoms with Crippen LogP contribution in [-0.2, 0) is 11.8 Å².